The number of thiophene rings is 2. The van der Waals surface area contributed by atoms with Crippen molar-refractivity contribution in [2.75, 3.05) is 0 Å². The second-order valence-corrected chi connectivity index (χ2v) is 11.6. The summed E-state index contributed by atoms with van der Waals surface area (Å²) in [6.45, 7) is 12.7. The van der Waals surface area contributed by atoms with Gasteiger partial charge < -0.3 is 4.98 Å². The molecule has 0 bridgehead atoms. The predicted molar refractivity (Wildman–Crippen MR) is 132 cm³/mol. The summed E-state index contributed by atoms with van der Waals surface area (Å²) in [5.74, 6) is 0.610. The molecule has 31 heavy (non-hydrogen) atoms. The lowest BCUT2D eigenvalue weighted by Gasteiger charge is -2.15. The molecule has 0 aliphatic rings. The topological polar surface area (TPSA) is 80.6 Å². The SMILES string of the molecule is CCCCn1c(SC(C)c2nc3sc(C)c(C)c3c(=O)[nH]2)nc2sc(C)c(C)c2c1=O. The molecule has 0 aliphatic carbocycles. The van der Waals surface area contributed by atoms with E-state index in [0.717, 1.165) is 48.8 Å². The first-order valence-electron chi connectivity index (χ1n) is 10.4. The van der Waals surface area contributed by atoms with Gasteiger partial charge in [-0.2, -0.15) is 0 Å². The molecule has 0 spiro atoms. The number of fused-ring (bicyclic) bond motifs is 2. The smallest absolute Gasteiger partial charge is 0.263 e. The highest BCUT2D eigenvalue weighted by molar-refractivity contribution is 7.99. The summed E-state index contributed by atoms with van der Waals surface area (Å²) in [7, 11) is 0. The van der Waals surface area contributed by atoms with Crippen molar-refractivity contribution in [3.05, 3.63) is 47.4 Å². The number of aromatic amines is 1. The van der Waals surface area contributed by atoms with Gasteiger partial charge in [0.05, 0.1) is 16.0 Å². The van der Waals surface area contributed by atoms with Crippen molar-refractivity contribution in [3.63, 3.8) is 0 Å². The molecular formula is C22H26N4O2S3. The molecule has 4 aromatic heterocycles. The zero-order valence-corrected chi connectivity index (χ0v) is 21.0. The standard InChI is InChI=1S/C22H26N4O2S3/c1-7-8-9-26-21(28)16-11(3)13(5)30-20(16)25-22(26)31-14(6)17-23-18(27)15-10(2)12(4)29-19(15)24-17/h14H,7-9H2,1-6H3,(H,23,24,27). The van der Waals surface area contributed by atoms with Gasteiger partial charge in [-0.05, 0) is 52.2 Å². The molecule has 6 nitrogen and oxygen atoms in total. The number of aromatic nitrogens is 4. The number of H-pyrrole nitrogens is 1. The molecule has 0 aromatic carbocycles. The maximum absolute atomic E-state index is 13.3. The van der Waals surface area contributed by atoms with Crippen LogP contribution in [0.1, 0.15) is 58.6 Å². The van der Waals surface area contributed by atoms with Crippen molar-refractivity contribution in [2.45, 2.75) is 71.3 Å². The van der Waals surface area contributed by atoms with Crippen LogP contribution in [0.3, 0.4) is 0 Å². The van der Waals surface area contributed by atoms with Gasteiger partial charge in [0.1, 0.15) is 15.5 Å². The fourth-order valence-electron chi connectivity index (χ4n) is 3.59. The van der Waals surface area contributed by atoms with E-state index in [1.807, 2.05) is 34.6 Å². The lowest BCUT2D eigenvalue weighted by Crippen LogP contribution is -2.23. The van der Waals surface area contributed by atoms with Crippen LogP contribution in [-0.2, 0) is 6.54 Å². The lowest BCUT2D eigenvalue weighted by atomic mass is 10.2. The number of rotatable bonds is 6. The predicted octanol–water partition coefficient (Wildman–Crippen LogP) is 5.64. The molecule has 9 heteroatoms. The highest BCUT2D eigenvalue weighted by atomic mass is 32.2. The summed E-state index contributed by atoms with van der Waals surface area (Å²) >= 11 is 4.58. The van der Waals surface area contributed by atoms with E-state index in [1.165, 1.54) is 11.8 Å². The number of hydrogen-bond acceptors (Lipinski definition) is 7. The van der Waals surface area contributed by atoms with Gasteiger partial charge in [-0.25, -0.2) is 9.97 Å². The van der Waals surface area contributed by atoms with Crippen molar-refractivity contribution in [3.8, 4) is 0 Å². The van der Waals surface area contributed by atoms with Gasteiger partial charge >= 0.3 is 0 Å². The number of unbranched alkanes of at least 4 members (excludes halogenated alkanes) is 1. The van der Waals surface area contributed by atoms with E-state index in [-0.39, 0.29) is 16.4 Å². The maximum atomic E-state index is 13.3. The molecule has 1 unspecified atom stereocenters. The minimum atomic E-state index is -0.154. The number of nitrogens with zero attached hydrogens (tertiary/aromatic N) is 3. The highest BCUT2D eigenvalue weighted by Crippen LogP contribution is 2.35. The molecule has 0 amide bonds. The Morgan fingerprint density at radius 1 is 1.00 bits per heavy atom. The van der Waals surface area contributed by atoms with Gasteiger partial charge in [0, 0.05) is 16.3 Å². The van der Waals surface area contributed by atoms with Crippen LogP contribution < -0.4 is 11.1 Å². The molecule has 164 valence electrons. The van der Waals surface area contributed by atoms with Crippen LogP contribution in [0.15, 0.2) is 14.7 Å². The number of hydrogen-bond donors (Lipinski definition) is 1. The fourth-order valence-corrected chi connectivity index (χ4v) is 6.69. The van der Waals surface area contributed by atoms with Crippen LogP contribution in [-0.4, -0.2) is 19.5 Å². The third-order valence-corrected chi connectivity index (χ3v) is 9.02. The van der Waals surface area contributed by atoms with E-state index in [2.05, 4.69) is 11.9 Å². The highest BCUT2D eigenvalue weighted by Gasteiger charge is 2.21. The Balaban J connectivity index is 1.79. The van der Waals surface area contributed by atoms with Crippen molar-refractivity contribution in [1.82, 2.24) is 19.5 Å². The first-order valence-corrected chi connectivity index (χ1v) is 12.9. The molecule has 0 aliphatic heterocycles. The Hall–Kier alpha value is -1.97. The summed E-state index contributed by atoms with van der Waals surface area (Å²) in [5.41, 5.74) is 1.93. The van der Waals surface area contributed by atoms with Crippen LogP contribution in [0.5, 0.6) is 0 Å². The zero-order chi connectivity index (χ0) is 22.4. The Morgan fingerprint density at radius 3 is 2.26 bits per heavy atom. The van der Waals surface area contributed by atoms with Crippen LogP contribution in [0.2, 0.25) is 0 Å². The molecule has 1 N–H and O–H groups in total. The van der Waals surface area contributed by atoms with Crippen LogP contribution in [0.25, 0.3) is 20.4 Å². The maximum Gasteiger partial charge on any atom is 0.263 e. The normalized spacial score (nSPS) is 12.8. The van der Waals surface area contributed by atoms with Gasteiger partial charge in [-0.3, -0.25) is 14.2 Å². The van der Waals surface area contributed by atoms with Gasteiger partial charge in [-0.15, -0.1) is 22.7 Å². The molecule has 4 rings (SSSR count). The van der Waals surface area contributed by atoms with Crippen LogP contribution >= 0.6 is 34.4 Å². The van der Waals surface area contributed by atoms with Gasteiger partial charge in [0.2, 0.25) is 0 Å². The average molecular weight is 475 g/mol. The summed E-state index contributed by atoms with van der Waals surface area (Å²) < 4.78 is 1.79. The minimum Gasteiger partial charge on any atom is -0.309 e. The molecule has 1 atom stereocenters. The Labute approximate surface area is 192 Å². The summed E-state index contributed by atoms with van der Waals surface area (Å²) in [6.07, 6.45) is 1.90. The molecule has 4 heterocycles. The van der Waals surface area contributed by atoms with E-state index < -0.39 is 0 Å². The summed E-state index contributed by atoms with van der Waals surface area (Å²) in [6, 6.07) is 0. The third-order valence-electron chi connectivity index (χ3n) is 5.71. The Morgan fingerprint density at radius 2 is 1.61 bits per heavy atom. The van der Waals surface area contributed by atoms with Gasteiger partial charge in [0.25, 0.3) is 11.1 Å². The van der Waals surface area contributed by atoms with Gasteiger partial charge in [0.15, 0.2) is 5.16 Å². The first-order chi connectivity index (χ1) is 14.7. The van der Waals surface area contributed by atoms with Crippen molar-refractivity contribution >= 4 is 54.9 Å². The first kappa shape index (κ1) is 22.2. The van der Waals surface area contributed by atoms with E-state index in [0.29, 0.717) is 22.9 Å². The number of thioether (sulfide) groups is 1. The summed E-state index contributed by atoms with van der Waals surface area (Å²) in [4.78, 5) is 42.4. The van der Waals surface area contributed by atoms with Crippen molar-refractivity contribution in [2.24, 2.45) is 0 Å². The van der Waals surface area contributed by atoms with Crippen molar-refractivity contribution in [1.29, 1.82) is 0 Å². The fraction of sp³-hybridized carbons (Fsp3) is 0.455. The molecule has 0 saturated heterocycles. The summed E-state index contributed by atoms with van der Waals surface area (Å²) in [5, 5.41) is 1.93. The largest absolute Gasteiger partial charge is 0.309 e. The van der Waals surface area contributed by atoms with E-state index in [4.69, 9.17) is 9.97 Å². The molecule has 0 radical (unpaired) electrons. The molecular weight excluding hydrogens is 448 g/mol. The zero-order valence-electron chi connectivity index (χ0n) is 18.6. The second kappa shape index (κ2) is 8.52. The van der Waals surface area contributed by atoms with E-state index in [1.54, 1.807) is 27.2 Å². The minimum absolute atomic E-state index is 0.0245. The third kappa shape index (κ3) is 3.87. The Bertz CT molecular complexity index is 1410. The average Bonchev–Trinajstić information content (AvgIpc) is 3.16. The molecule has 4 aromatic rings. The second-order valence-electron chi connectivity index (χ2n) is 7.84. The lowest BCUT2D eigenvalue weighted by molar-refractivity contribution is 0.557. The van der Waals surface area contributed by atoms with Crippen molar-refractivity contribution < 1.29 is 0 Å². The van der Waals surface area contributed by atoms with E-state index >= 15 is 0 Å². The monoisotopic (exact) mass is 474 g/mol. The molecule has 0 saturated carbocycles. The number of nitrogens with one attached hydrogen (secondary N) is 1. The van der Waals surface area contributed by atoms with Crippen LogP contribution in [0.4, 0.5) is 0 Å². The quantitative estimate of drug-likeness (QED) is 0.289. The Kier molecular flexibility index (Phi) is 6.11. The molecule has 0 fully saturated rings. The van der Waals surface area contributed by atoms with E-state index in [9.17, 15) is 9.59 Å². The van der Waals surface area contributed by atoms with Gasteiger partial charge in [-0.1, -0.05) is 25.1 Å². The number of aryl methyl sites for hydroxylation is 4. The van der Waals surface area contributed by atoms with Crippen LogP contribution in [0, 0.1) is 27.7 Å².